The van der Waals surface area contributed by atoms with Crippen LogP contribution in [0.5, 0.6) is 5.75 Å². The van der Waals surface area contributed by atoms with E-state index in [1.165, 1.54) is 16.7 Å². The summed E-state index contributed by atoms with van der Waals surface area (Å²) < 4.78 is 5.24. The van der Waals surface area contributed by atoms with E-state index < -0.39 is 0 Å². The van der Waals surface area contributed by atoms with Gasteiger partial charge in [-0.15, -0.1) is 0 Å². The minimum absolute atomic E-state index is 0.860. The first-order chi connectivity index (χ1) is 9.65. The number of fused-ring (bicyclic) bond motifs is 1. The van der Waals surface area contributed by atoms with Gasteiger partial charge in [0.2, 0.25) is 0 Å². The molecule has 0 atom stereocenters. The molecule has 20 heavy (non-hydrogen) atoms. The van der Waals surface area contributed by atoms with E-state index in [-0.39, 0.29) is 0 Å². The predicted molar refractivity (Wildman–Crippen MR) is 83.2 cm³/mol. The van der Waals surface area contributed by atoms with Gasteiger partial charge in [-0.3, -0.25) is 0 Å². The summed E-state index contributed by atoms with van der Waals surface area (Å²) in [4.78, 5) is 4.75. The van der Waals surface area contributed by atoms with Gasteiger partial charge in [-0.05, 0) is 50.2 Å². The number of pyridine rings is 1. The van der Waals surface area contributed by atoms with Gasteiger partial charge in [0.1, 0.15) is 5.75 Å². The number of hydrogen-bond donors (Lipinski definition) is 0. The van der Waals surface area contributed by atoms with Crippen molar-refractivity contribution in [2.45, 2.75) is 13.8 Å². The van der Waals surface area contributed by atoms with Crippen LogP contribution in [0.4, 0.5) is 0 Å². The molecule has 0 radical (unpaired) electrons. The summed E-state index contributed by atoms with van der Waals surface area (Å²) in [7, 11) is 1.68. The molecule has 0 bridgehead atoms. The molecule has 100 valence electrons. The number of aryl methyl sites for hydroxylation is 2. The van der Waals surface area contributed by atoms with Crippen molar-refractivity contribution in [3.63, 3.8) is 0 Å². The first-order valence-electron chi connectivity index (χ1n) is 6.69. The smallest absolute Gasteiger partial charge is 0.119 e. The standard InChI is InChI=1S/C18H17NO/c1-12-8-13(2)10-15(9-12)18-6-4-14-11-16(20-3)5-7-17(14)19-18/h4-11H,1-3H3. The van der Waals surface area contributed by atoms with Crippen LogP contribution in [-0.4, -0.2) is 12.1 Å². The minimum atomic E-state index is 0.860. The zero-order valence-electron chi connectivity index (χ0n) is 12.0. The molecule has 3 aromatic rings. The van der Waals surface area contributed by atoms with E-state index in [0.717, 1.165) is 22.3 Å². The molecule has 0 amide bonds. The van der Waals surface area contributed by atoms with Crippen LogP contribution in [0, 0.1) is 13.8 Å². The quantitative estimate of drug-likeness (QED) is 0.677. The largest absolute Gasteiger partial charge is 0.497 e. The summed E-state index contributed by atoms with van der Waals surface area (Å²) in [5.41, 5.74) is 5.69. The third kappa shape index (κ3) is 2.37. The number of nitrogens with zero attached hydrogens (tertiary/aromatic N) is 1. The number of ether oxygens (including phenoxy) is 1. The van der Waals surface area contributed by atoms with Gasteiger partial charge in [-0.1, -0.05) is 23.3 Å². The monoisotopic (exact) mass is 263 g/mol. The number of rotatable bonds is 2. The highest BCUT2D eigenvalue weighted by molar-refractivity contribution is 5.83. The Morgan fingerprint density at radius 3 is 2.30 bits per heavy atom. The number of benzene rings is 2. The molecule has 0 unspecified atom stereocenters. The average Bonchev–Trinajstić information content (AvgIpc) is 2.45. The molecule has 2 aromatic carbocycles. The molecule has 0 aliphatic rings. The second-order valence-corrected chi connectivity index (χ2v) is 5.13. The lowest BCUT2D eigenvalue weighted by Gasteiger charge is -2.07. The highest BCUT2D eigenvalue weighted by Gasteiger charge is 2.04. The van der Waals surface area contributed by atoms with Crippen LogP contribution < -0.4 is 4.74 Å². The molecule has 0 saturated carbocycles. The maximum atomic E-state index is 5.24. The Hall–Kier alpha value is -2.35. The lowest BCUT2D eigenvalue weighted by atomic mass is 10.0. The van der Waals surface area contributed by atoms with Crippen molar-refractivity contribution in [2.75, 3.05) is 7.11 Å². The number of hydrogen-bond acceptors (Lipinski definition) is 2. The van der Waals surface area contributed by atoms with Gasteiger partial charge in [0, 0.05) is 10.9 Å². The summed E-state index contributed by atoms with van der Waals surface area (Å²) in [6.45, 7) is 4.23. The highest BCUT2D eigenvalue weighted by Crippen LogP contribution is 2.25. The molecule has 0 aliphatic heterocycles. The van der Waals surface area contributed by atoms with Crippen molar-refractivity contribution >= 4 is 10.9 Å². The first-order valence-corrected chi connectivity index (χ1v) is 6.69. The van der Waals surface area contributed by atoms with E-state index in [1.807, 2.05) is 18.2 Å². The fraction of sp³-hybridized carbons (Fsp3) is 0.167. The molecule has 1 aromatic heterocycles. The van der Waals surface area contributed by atoms with Gasteiger partial charge in [0.15, 0.2) is 0 Å². The lowest BCUT2D eigenvalue weighted by Crippen LogP contribution is -1.88. The summed E-state index contributed by atoms with van der Waals surface area (Å²) in [5, 5.41) is 1.09. The van der Waals surface area contributed by atoms with Crippen LogP contribution in [0.2, 0.25) is 0 Å². The first kappa shape index (κ1) is 12.7. The molecule has 0 N–H and O–H groups in total. The van der Waals surface area contributed by atoms with Crippen LogP contribution in [0.15, 0.2) is 48.5 Å². The molecule has 0 saturated heterocycles. The fourth-order valence-electron chi connectivity index (χ4n) is 2.51. The van der Waals surface area contributed by atoms with Crippen molar-refractivity contribution in [1.82, 2.24) is 4.98 Å². The Bertz CT molecular complexity index is 757. The topological polar surface area (TPSA) is 22.1 Å². The van der Waals surface area contributed by atoms with E-state index in [2.05, 4.69) is 44.2 Å². The molecule has 1 heterocycles. The Labute approximate surface area is 119 Å². The SMILES string of the molecule is COc1ccc2nc(-c3cc(C)cc(C)c3)ccc2c1. The summed E-state index contributed by atoms with van der Waals surface area (Å²) in [6.07, 6.45) is 0. The van der Waals surface area contributed by atoms with Gasteiger partial charge in [0.05, 0.1) is 18.3 Å². The third-order valence-electron chi connectivity index (χ3n) is 3.41. The van der Waals surface area contributed by atoms with Crippen molar-refractivity contribution < 1.29 is 4.74 Å². The van der Waals surface area contributed by atoms with Crippen LogP contribution in [0.1, 0.15) is 11.1 Å². The van der Waals surface area contributed by atoms with Crippen LogP contribution >= 0.6 is 0 Å². The number of methoxy groups -OCH3 is 1. The van der Waals surface area contributed by atoms with Gasteiger partial charge in [-0.2, -0.15) is 0 Å². The van der Waals surface area contributed by atoms with E-state index in [4.69, 9.17) is 9.72 Å². The van der Waals surface area contributed by atoms with Crippen molar-refractivity contribution in [1.29, 1.82) is 0 Å². The second kappa shape index (κ2) is 4.97. The minimum Gasteiger partial charge on any atom is -0.497 e. The van der Waals surface area contributed by atoms with Crippen molar-refractivity contribution in [3.8, 4) is 17.0 Å². The molecular weight excluding hydrogens is 246 g/mol. The number of aromatic nitrogens is 1. The Morgan fingerprint density at radius 1 is 0.850 bits per heavy atom. The van der Waals surface area contributed by atoms with E-state index in [1.54, 1.807) is 7.11 Å². The van der Waals surface area contributed by atoms with Gasteiger partial charge in [-0.25, -0.2) is 4.98 Å². The zero-order chi connectivity index (χ0) is 14.1. The normalized spacial score (nSPS) is 10.8. The van der Waals surface area contributed by atoms with E-state index >= 15 is 0 Å². The van der Waals surface area contributed by atoms with Crippen molar-refractivity contribution in [2.24, 2.45) is 0 Å². The van der Waals surface area contributed by atoms with Gasteiger partial charge >= 0.3 is 0 Å². The average molecular weight is 263 g/mol. The molecule has 2 heteroatoms. The molecule has 0 aliphatic carbocycles. The Balaban J connectivity index is 2.12. The predicted octanol–water partition coefficient (Wildman–Crippen LogP) is 4.53. The summed E-state index contributed by atoms with van der Waals surface area (Å²) in [5.74, 6) is 0.860. The maximum absolute atomic E-state index is 5.24. The molecular formula is C18H17NO. The van der Waals surface area contributed by atoms with Crippen molar-refractivity contribution in [3.05, 3.63) is 59.7 Å². The molecule has 0 spiro atoms. The maximum Gasteiger partial charge on any atom is 0.119 e. The van der Waals surface area contributed by atoms with Crippen LogP contribution in [0.25, 0.3) is 22.2 Å². The van der Waals surface area contributed by atoms with Gasteiger partial charge < -0.3 is 4.74 Å². The molecule has 3 rings (SSSR count). The molecule has 0 fully saturated rings. The third-order valence-corrected chi connectivity index (χ3v) is 3.41. The zero-order valence-corrected chi connectivity index (χ0v) is 12.0. The van der Waals surface area contributed by atoms with E-state index in [0.29, 0.717) is 0 Å². The van der Waals surface area contributed by atoms with Crippen LogP contribution in [0.3, 0.4) is 0 Å². The summed E-state index contributed by atoms with van der Waals surface area (Å²) >= 11 is 0. The second-order valence-electron chi connectivity index (χ2n) is 5.13. The fourth-order valence-corrected chi connectivity index (χ4v) is 2.51. The summed E-state index contributed by atoms with van der Waals surface area (Å²) in [6, 6.07) is 16.6. The van der Waals surface area contributed by atoms with E-state index in [9.17, 15) is 0 Å². The van der Waals surface area contributed by atoms with Crippen LogP contribution in [-0.2, 0) is 0 Å². The Morgan fingerprint density at radius 2 is 1.60 bits per heavy atom. The Kier molecular flexibility index (Phi) is 3.15. The van der Waals surface area contributed by atoms with Gasteiger partial charge in [0.25, 0.3) is 0 Å². The lowest BCUT2D eigenvalue weighted by molar-refractivity contribution is 0.415. The highest BCUT2D eigenvalue weighted by atomic mass is 16.5. The molecule has 2 nitrogen and oxygen atoms in total.